The van der Waals surface area contributed by atoms with Crippen molar-refractivity contribution in [2.24, 2.45) is 11.8 Å². The standard InChI is InChI=1S/C10H22B.C2H6S/c1-7(2)9(5)11-10(6)8(3)4;1-3-2/h7-10H,1-6H3;1-2H3. The summed E-state index contributed by atoms with van der Waals surface area (Å²) in [5, 5.41) is 0. The zero-order valence-electron chi connectivity index (χ0n) is 11.3. The van der Waals surface area contributed by atoms with Crippen LogP contribution in [0.25, 0.3) is 0 Å². The summed E-state index contributed by atoms with van der Waals surface area (Å²) in [6.45, 7) is 13.8. The molecule has 0 rings (SSSR count). The minimum Gasteiger partial charge on any atom is -0.169 e. The Morgan fingerprint density at radius 2 is 0.929 bits per heavy atom. The van der Waals surface area contributed by atoms with Gasteiger partial charge in [-0.2, -0.15) is 11.8 Å². The Kier molecular flexibility index (Phi) is 12.0. The molecule has 0 aromatic heterocycles. The number of rotatable bonds is 4. The Hall–Kier alpha value is 0.415. The summed E-state index contributed by atoms with van der Waals surface area (Å²) in [5.41, 5.74) is 0. The highest BCUT2D eigenvalue weighted by atomic mass is 32.2. The van der Waals surface area contributed by atoms with Crippen molar-refractivity contribution in [2.75, 3.05) is 12.5 Å². The van der Waals surface area contributed by atoms with Crippen LogP contribution in [0.4, 0.5) is 0 Å². The van der Waals surface area contributed by atoms with Crippen LogP contribution in [-0.4, -0.2) is 19.8 Å². The first-order valence-electron chi connectivity index (χ1n) is 5.61. The molecule has 0 heterocycles. The monoisotopic (exact) mass is 215 g/mol. The van der Waals surface area contributed by atoms with Gasteiger partial charge in [-0.05, 0) is 12.5 Å². The predicted molar refractivity (Wildman–Crippen MR) is 73.7 cm³/mol. The highest BCUT2D eigenvalue weighted by molar-refractivity contribution is 7.97. The van der Waals surface area contributed by atoms with E-state index in [1.54, 1.807) is 11.8 Å². The van der Waals surface area contributed by atoms with E-state index in [1.165, 1.54) is 0 Å². The Bertz CT molecular complexity index is 101. The lowest BCUT2D eigenvalue weighted by atomic mass is 9.50. The van der Waals surface area contributed by atoms with Crippen molar-refractivity contribution in [1.82, 2.24) is 0 Å². The van der Waals surface area contributed by atoms with Crippen molar-refractivity contribution in [1.29, 1.82) is 0 Å². The van der Waals surface area contributed by atoms with Gasteiger partial charge in [-0.3, -0.25) is 0 Å². The third-order valence-electron chi connectivity index (χ3n) is 2.71. The van der Waals surface area contributed by atoms with Gasteiger partial charge in [0.25, 0.3) is 0 Å². The molecule has 0 aliphatic rings. The third kappa shape index (κ3) is 10.5. The predicted octanol–water partition coefficient (Wildman–Crippen LogP) is 4.60. The van der Waals surface area contributed by atoms with Gasteiger partial charge in [-0.25, -0.2) is 0 Å². The molecular formula is C12H28BS. The molecule has 0 aliphatic carbocycles. The Morgan fingerprint density at radius 1 is 0.714 bits per heavy atom. The van der Waals surface area contributed by atoms with Crippen LogP contribution >= 0.6 is 11.8 Å². The van der Waals surface area contributed by atoms with Gasteiger partial charge in [-0.1, -0.05) is 65.0 Å². The maximum absolute atomic E-state index is 2.48. The van der Waals surface area contributed by atoms with E-state index in [1.807, 2.05) is 12.5 Å². The summed E-state index contributed by atoms with van der Waals surface area (Å²) in [6, 6.07) is 0. The molecule has 0 aromatic carbocycles. The van der Waals surface area contributed by atoms with Gasteiger partial charge in [0.2, 0.25) is 0 Å². The van der Waals surface area contributed by atoms with Gasteiger partial charge in [-0.15, -0.1) is 0 Å². The van der Waals surface area contributed by atoms with Crippen LogP contribution in [0.15, 0.2) is 0 Å². The van der Waals surface area contributed by atoms with Crippen LogP contribution in [0.3, 0.4) is 0 Å². The molecular weight excluding hydrogens is 187 g/mol. The second-order valence-corrected chi connectivity index (χ2v) is 5.62. The van der Waals surface area contributed by atoms with E-state index in [9.17, 15) is 0 Å². The van der Waals surface area contributed by atoms with Gasteiger partial charge in [0.05, 0.1) is 0 Å². The van der Waals surface area contributed by atoms with Crippen molar-refractivity contribution in [2.45, 2.75) is 53.2 Å². The molecule has 2 heteroatoms. The van der Waals surface area contributed by atoms with Gasteiger partial charge in [0, 0.05) is 0 Å². The molecule has 0 bridgehead atoms. The van der Waals surface area contributed by atoms with E-state index < -0.39 is 0 Å². The fourth-order valence-electron chi connectivity index (χ4n) is 0.923. The molecule has 85 valence electrons. The lowest BCUT2D eigenvalue weighted by Gasteiger charge is -2.21. The SMILES string of the molecule is CC(C)C(C)[B]C(C)C(C)C.CSC. The maximum Gasteiger partial charge on any atom is 0.117 e. The van der Waals surface area contributed by atoms with Crippen molar-refractivity contribution < 1.29 is 0 Å². The molecule has 0 N–H and O–H groups in total. The Morgan fingerprint density at radius 3 is 1.07 bits per heavy atom. The second-order valence-electron chi connectivity index (χ2n) is 4.81. The number of thioether (sulfide) groups is 1. The Labute approximate surface area is 96.9 Å². The molecule has 0 fully saturated rings. The molecule has 1 radical (unpaired) electrons. The fourth-order valence-corrected chi connectivity index (χ4v) is 0.923. The van der Waals surface area contributed by atoms with Gasteiger partial charge < -0.3 is 0 Å². The zero-order chi connectivity index (χ0) is 11.7. The molecule has 14 heavy (non-hydrogen) atoms. The van der Waals surface area contributed by atoms with Crippen molar-refractivity contribution in [3.63, 3.8) is 0 Å². The van der Waals surface area contributed by atoms with E-state index >= 15 is 0 Å². The average Bonchev–Trinajstić information content (AvgIpc) is 2.05. The third-order valence-corrected chi connectivity index (χ3v) is 2.71. The van der Waals surface area contributed by atoms with Crippen LogP contribution in [0.5, 0.6) is 0 Å². The molecule has 0 amide bonds. The topological polar surface area (TPSA) is 0 Å². The first-order valence-corrected chi connectivity index (χ1v) is 7.25. The van der Waals surface area contributed by atoms with Crippen LogP contribution in [-0.2, 0) is 0 Å². The first kappa shape index (κ1) is 16.8. The molecule has 2 unspecified atom stereocenters. The largest absolute Gasteiger partial charge is 0.169 e. The first-order chi connectivity index (χ1) is 6.36. The lowest BCUT2D eigenvalue weighted by molar-refractivity contribution is 0.575. The van der Waals surface area contributed by atoms with Gasteiger partial charge in [0.15, 0.2) is 0 Å². The van der Waals surface area contributed by atoms with Crippen LogP contribution in [0.1, 0.15) is 41.5 Å². The van der Waals surface area contributed by atoms with E-state index in [2.05, 4.69) is 48.8 Å². The second kappa shape index (κ2) is 9.95. The summed E-state index contributed by atoms with van der Waals surface area (Å²) in [5.74, 6) is 3.09. The molecule has 0 nitrogen and oxygen atoms in total. The minimum absolute atomic E-state index is 0.757. The fraction of sp³-hybridized carbons (Fsp3) is 1.00. The molecule has 0 spiro atoms. The molecule has 0 aromatic rings. The van der Waals surface area contributed by atoms with Crippen LogP contribution in [0, 0.1) is 11.8 Å². The molecule has 0 aliphatic heterocycles. The normalized spacial score (nSPS) is 14.7. The highest BCUT2D eigenvalue weighted by Crippen LogP contribution is 2.24. The smallest absolute Gasteiger partial charge is 0.117 e. The highest BCUT2D eigenvalue weighted by Gasteiger charge is 2.15. The van der Waals surface area contributed by atoms with E-state index in [4.69, 9.17) is 0 Å². The number of hydrogen-bond donors (Lipinski definition) is 0. The summed E-state index contributed by atoms with van der Waals surface area (Å²) in [6.07, 6.45) is 4.08. The van der Waals surface area contributed by atoms with Gasteiger partial charge >= 0.3 is 0 Å². The van der Waals surface area contributed by atoms with Crippen LogP contribution in [0.2, 0.25) is 11.6 Å². The van der Waals surface area contributed by atoms with E-state index in [-0.39, 0.29) is 0 Å². The minimum atomic E-state index is 0.757. The average molecular weight is 215 g/mol. The van der Waals surface area contributed by atoms with Crippen LogP contribution < -0.4 is 0 Å². The van der Waals surface area contributed by atoms with Crippen molar-refractivity contribution in [3.05, 3.63) is 0 Å². The Balaban J connectivity index is 0. The number of hydrogen-bond acceptors (Lipinski definition) is 1. The van der Waals surface area contributed by atoms with Crippen molar-refractivity contribution in [3.8, 4) is 0 Å². The summed E-state index contributed by atoms with van der Waals surface area (Å²) >= 11 is 1.75. The summed E-state index contributed by atoms with van der Waals surface area (Å²) < 4.78 is 0. The lowest BCUT2D eigenvalue weighted by Crippen LogP contribution is -2.14. The molecule has 0 saturated heterocycles. The maximum atomic E-state index is 2.48. The zero-order valence-corrected chi connectivity index (χ0v) is 12.1. The quantitative estimate of drug-likeness (QED) is 0.617. The molecule has 0 saturated carbocycles. The van der Waals surface area contributed by atoms with E-state index in [0.717, 1.165) is 23.5 Å². The van der Waals surface area contributed by atoms with Crippen molar-refractivity contribution >= 4 is 19.0 Å². The summed E-state index contributed by atoms with van der Waals surface area (Å²) in [4.78, 5) is 0. The summed E-state index contributed by atoms with van der Waals surface area (Å²) in [7, 11) is 2.48. The van der Waals surface area contributed by atoms with E-state index in [0.29, 0.717) is 0 Å². The van der Waals surface area contributed by atoms with Gasteiger partial charge in [0.1, 0.15) is 7.28 Å². The molecule has 2 atom stereocenters.